The number of carbonyl (C=O) groups is 5. The fourth-order valence-corrected chi connectivity index (χ4v) is 16.4. The molecule has 0 radical (unpaired) electrons. The standard InChI is InChI=1S/C25H31ClFN3O4.C20H20ClFN2O.C14H17ClN2O.C11H12Cl2N2O.C9H9Cl2NO.C5H2Cl2IN/c1-15(31)30-25(9-6-10-25)17-12-20(16-7-8-19(27)18(26)11-16)29-21(13-17)24(5,33)14-28-22(32)34-23(2,3)4;1-12(2)18-10-15(20(7-4-8-20)24-13(3)25)11-19(23-18)14-5-6-17(22)16(21)9-14;1-9(2)12-7-11(8-13(15)16-12)14(5-4-6-14)17-10(3)18;1-7(16)15-11(3-2-4-11)8-5-9(12)14-10(13)6-8;10-7-4-6(5-8(11)12-7)9(13)2-1-3-9;6-4-1-3(8)2-5(7)9-4/h7-8,11-13,33H,6,9-10,14H2,1-5H3,(H,28,32)(H,30,31);5-6,9-11H,1,4,7-8H2,2-3H3,(H,24,25);7-8H,1,4-6H2,2-3H3,(H,17,18);5-6H,2-4H2,1H3,(H,15,16);4-5,13H,1-3H2;1-2H. The van der Waals surface area contributed by atoms with E-state index < -0.39 is 40.1 Å². The molecule has 5 fully saturated rings. The SMILES string of the molecule is C=C(C)c1cc(C2(NC(C)=O)CCC2)cc(-c2ccc(F)c(Cl)c2)n1.C=C(C)c1cc(C2(NC(C)=O)CCC2)cc(Cl)n1.CC(=O)NC1(c2cc(-c3ccc(F)c(Cl)c3)nc(C(C)(O)CNC(=O)OC(C)(C)C)c2)CCC1.CC(=O)NC1(c2cc(Cl)nc(Cl)c2)CCC1.Clc1cc(I)cc(Cl)n1.OC1(c2cc(Cl)nc(Cl)c2)CCC1. The Labute approximate surface area is 728 Å². The fraction of sp³-hybridized carbons (Fsp3) is 0.393. The van der Waals surface area contributed by atoms with Crippen LogP contribution in [0.5, 0.6) is 0 Å². The van der Waals surface area contributed by atoms with Gasteiger partial charge in [0.25, 0.3) is 0 Å². The number of aromatic nitrogens is 6. The van der Waals surface area contributed by atoms with Crippen LogP contribution in [0.25, 0.3) is 33.7 Å². The second-order valence-electron chi connectivity index (χ2n) is 30.5. The number of hydrogen-bond acceptors (Lipinski definition) is 14. The summed E-state index contributed by atoms with van der Waals surface area (Å²) in [5.74, 6) is -1.29. The number of alkyl carbamates (subject to hydrolysis) is 1. The van der Waals surface area contributed by atoms with E-state index in [2.05, 4.69) is 92.2 Å². The highest BCUT2D eigenvalue weighted by atomic mass is 127. The van der Waals surface area contributed by atoms with E-state index in [9.17, 15) is 43.0 Å². The van der Waals surface area contributed by atoms with Crippen LogP contribution in [0.1, 0.15) is 210 Å². The molecule has 8 aromatic rings. The second-order valence-corrected chi connectivity index (χ2v) is 35.3. The van der Waals surface area contributed by atoms with Crippen molar-refractivity contribution in [1.29, 1.82) is 0 Å². The van der Waals surface area contributed by atoms with Crippen LogP contribution >= 0.6 is 127 Å². The summed E-state index contributed by atoms with van der Waals surface area (Å²) >= 11 is 54.4. The lowest BCUT2D eigenvalue weighted by Crippen LogP contribution is -2.50. The molecular weight excluding hydrogens is 1770 g/mol. The van der Waals surface area contributed by atoms with Crippen LogP contribution in [-0.2, 0) is 57.3 Å². The summed E-state index contributed by atoms with van der Waals surface area (Å²) in [4.78, 5) is 83.3. The van der Waals surface area contributed by atoms with Gasteiger partial charge in [-0.15, -0.1) is 0 Å². The molecule has 19 nitrogen and oxygen atoms in total. The van der Waals surface area contributed by atoms with Crippen molar-refractivity contribution in [2.75, 3.05) is 6.54 Å². The first-order chi connectivity index (χ1) is 53.7. The number of halogens is 12. The number of nitrogens with zero attached hydrogens (tertiary/aromatic N) is 6. The van der Waals surface area contributed by atoms with Gasteiger partial charge in [0, 0.05) is 42.4 Å². The van der Waals surface area contributed by atoms with Gasteiger partial charge in [-0.05, 0) is 309 Å². The molecule has 5 saturated carbocycles. The molecule has 13 rings (SSSR count). The molecule has 31 heteroatoms. The minimum absolute atomic E-state index is 0.0143. The summed E-state index contributed by atoms with van der Waals surface area (Å²) in [7, 11) is 0. The Balaban J connectivity index is 0.000000181. The predicted molar refractivity (Wildman–Crippen MR) is 462 cm³/mol. The maximum absolute atomic E-state index is 13.8. The van der Waals surface area contributed by atoms with E-state index in [1.54, 1.807) is 88.4 Å². The molecule has 0 bridgehead atoms. The number of carbonyl (C=O) groups excluding carboxylic acids is 5. The fourth-order valence-electron chi connectivity index (χ4n) is 13.5. The highest BCUT2D eigenvalue weighted by Crippen LogP contribution is 2.48. The van der Waals surface area contributed by atoms with Gasteiger partial charge < -0.3 is 41.5 Å². The van der Waals surface area contributed by atoms with Crippen molar-refractivity contribution < 1.29 is 47.7 Å². The van der Waals surface area contributed by atoms with E-state index >= 15 is 0 Å². The van der Waals surface area contributed by atoms with Crippen LogP contribution in [0.2, 0.25) is 46.1 Å². The van der Waals surface area contributed by atoms with Crippen molar-refractivity contribution in [3.8, 4) is 22.5 Å². The lowest BCUT2D eigenvalue weighted by atomic mass is 9.71. The molecule has 115 heavy (non-hydrogen) atoms. The third-order valence-corrected chi connectivity index (χ3v) is 22.5. The minimum atomic E-state index is -1.56. The maximum atomic E-state index is 13.8. The lowest BCUT2D eigenvalue weighted by Gasteiger charge is -2.43. The first-order valence-corrected chi connectivity index (χ1v) is 41.4. The van der Waals surface area contributed by atoms with E-state index in [1.807, 2.05) is 44.2 Å². The number of benzene rings is 2. The van der Waals surface area contributed by atoms with Gasteiger partial charge in [-0.25, -0.2) is 43.5 Å². The molecule has 0 saturated heterocycles. The third kappa shape index (κ3) is 25.8. The van der Waals surface area contributed by atoms with E-state index in [0.717, 1.165) is 156 Å². The Morgan fingerprint density at radius 1 is 0.443 bits per heavy atom. The van der Waals surface area contributed by atoms with Crippen molar-refractivity contribution in [3.05, 3.63) is 229 Å². The Hall–Kier alpha value is -6.91. The first-order valence-electron chi connectivity index (χ1n) is 36.9. The number of ether oxygens (including phenoxy) is 1. The van der Waals surface area contributed by atoms with E-state index in [-0.39, 0.29) is 62.5 Å². The van der Waals surface area contributed by atoms with Gasteiger partial charge in [-0.3, -0.25) is 19.2 Å². The average molecular weight is 1870 g/mol. The zero-order valence-corrected chi connectivity index (χ0v) is 74.1. The zero-order chi connectivity index (χ0) is 84.9. The summed E-state index contributed by atoms with van der Waals surface area (Å²) in [6.45, 7) is 24.3. The molecule has 7 N–H and O–H groups in total. The van der Waals surface area contributed by atoms with E-state index in [4.69, 9.17) is 109 Å². The topological polar surface area (TPSA) is 273 Å². The molecule has 614 valence electrons. The molecule has 6 aromatic heterocycles. The van der Waals surface area contributed by atoms with Crippen molar-refractivity contribution >= 4 is 168 Å². The number of aliphatic hydroxyl groups is 2. The van der Waals surface area contributed by atoms with Crippen LogP contribution in [0.4, 0.5) is 13.6 Å². The van der Waals surface area contributed by atoms with Crippen molar-refractivity contribution in [2.24, 2.45) is 0 Å². The van der Waals surface area contributed by atoms with Gasteiger partial charge in [-0.2, -0.15) is 0 Å². The number of nitrogens with one attached hydrogen (secondary N) is 5. The van der Waals surface area contributed by atoms with Gasteiger partial charge in [0.2, 0.25) is 23.6 Å². The third-order valence-electron chi connectivity index (χ3n) is 19.9. The van der Waals surface area contributed by atoms with Crippen LogP contribution < -0.4 is 26.6 Å². The molecule has 5 amide bonds. The molecule has 5 aliphatic carbocycles. The lowest BCUT2D eigenvalue weighted by molar-refractivity contribution is -0.123. The molecule has 2 aromatic carbocycles. The minimum Gasteiger partial charge on any atom is -0.444 e. The summed E-state index contributed by atoms with van der Waals surface area (Å²) < 4.78 is 33.5. The predicted octanol–water partition coefficient (Wildman–Crippen LogP) is 21.8. The monoisotopic (exact) mass is 1860 g/mol. The van der Waals surface area contributed by atoms with Gasteiger partial charge >= 0.3 is 6.09 Å². The number of rotatable bonds is 16. The van der Waals surface area contributed by atoms with Crippen molar-refractivity contribution in [2.45, 2.75) is 205 Å². The second kappa shape index (κ2) is 39.8. The molecule has 1 unspecified atom stereocenters. The average Bonchev–Trinajstić information content (AvgIpc) is 0.772. The number of pyridine rings is 6. The number of hydrogen-bond donors (Lipinski definition) is 7. The summed E-state index contributed by atoms with van der Waals surface area (Å²) in [6.07, 6.45) is 13.1. The van der Waals surface area contributed by atoms with E-state index in [1.165, 1.54) is 45.9 Å². The quantitative estimate of drug-likeness (QED) is 0.0350. The summed E-state index contributed by atoms with van der Waals surface area (Å²) in [5.41, 5.74) is 6.03. The first kappa shape index (κ1) is 93.6. The van der Waals surface area contributed by atoms with Crippen molar-refractivity contribution in [1.82, 2.24) is 56.5 Å². The van der Waals surface area contributed by atoms with Crippen LogP contribution in [0, 0.1) is 15.2 Å². The van der Waals surface area contributed by atoms with Gasteiger partial charge in [0.15, 0.2) is 0 Å². The largest absolute Gasteiger partial charge is 0.444 e. The van der Waals surface area contributed by atoms with Gasteiger partial charge in [-0.1, -0.05) is 118 Å². The highest BCUT2D eigenvalue weighted by molar-refractivity contribution is 14.1. The van der Waals surface area contributed by atoms with Crippen LogP contribution in [0.3, 0.4) is 0 Å². The normalized spacial score (nSPS) is 16.3. The Morgan fingerprint density at radius 2 is 0.757 bits per heavy atom. The maximum Gasteiger partial charge on any atom is 0.407 e. The summed E-state index contributed by atoms with van der Waals surface area (Å²) in [6, 6.07) is 30.5. The van der Waals surface area contributed by atoms with Crippen molar-refractivity contribution in [3.63, 3.8) is 0 Å². The molecule has 1 atom stereocenters. The van der Waals surface area contributed by atoms with Crippen LogP contribution in [0.15, 0.2) is 122 Å². The van der Waals surface area contributed by atoms with Gasteiger partial charge in [0.1, 0.15) is 58.9 Å². The van der Waals surface area contributed by atoms with Gasteiger partial charge in [0.05, 0.1) is 72.8 Å². The Kier molecular flexibility index (Phi) is 32.4. The highest BCUT2D eigenvalue weighted by Gasteiger charge is 2.44. The molecule has 0 aliphatic heterocycles. The molecular formula is C84H91Cl9F2IN11O8. The van der Waals surface area contributed by atoms with Crippen LogP contribution in [-0.4, -0.2) is 82.0 Å². The smallest absolute Gasteiger partial charge is 0.407 e. The number of amides is 5. The Morgan fingerprint density at radius 3 is 1.07 bits per heavy atom. The molecule has 5 aliphatic rings. The molecule has 0 spiro atoms. The Bertz CT molecular complexity index is 4870. The number of allylic oxidation sites excluding steroid dienone is 2. The molecule has 6 heterocycles. The zero-order valence-electron chi connectivity index (χ0n) is 65.2. The summed E-state index contributed by atoms with van der Waals surface area (Å²) in [5, 5.41) is 38.7. The van der Waals surface area contributed by atoms with E-state index in [0.29, 0.717) is 53.0 Å².